The highest BCUT2D eigenvalue weighted by molar-refractivity contribution is 5.68. The fourth-order valence-corrected chi connectivity index (χ4v) is 2.06. The Morgan fingerprint density at radius 3 is 2.67 bits per heavy atom. The van der Waals surface area contributed by atoms with E-state index in [1.807, 2.05) is 37.8 Å². The Morgan fingerprint density at radius 1 is 1.56 bits per heavy atom. The first kappa shape index (κ1) is 14.0. The highest BCUT2D eigenvalue weighted by atomic mass is 16.4. The van der Waals surface area contributed by atoms with Gasteiger partial charge in [0.15, 0.2) is 0 Å². The maximum Gasteiger partial charge on any atom is 0.305 e. The van der Waals surface area contributed by atoms with Crippen molar-refractivity contribution in [2.45, 2.75) is 33.2 Å². The number of benzene rings is 1. The molecule has 96 valence electrons. The summed E-state index contributed by atoms with van der Waals surface area (Å²) >= 11 is 0. The molecule has 18 heavy (non-hydrogen) atoms. The first-order valence-electron chi connectivity index (χ1n) is 5.98. The van der Waals surface area contributed by atoms with Crippen molar-refractivity contribution in [3.8, 4) is 6.07 Å². The molecule has 0 saturated heterocycles. The maximum absolute atomic E-state index is 10.8. The number of nitriles is 1. The van der Waals surface area contributed by atoms with Crippen molar-refractivity contribution in [1.82, 2.24) is 0 Å². The molecule has 0 spiro atoms. The fourth-order valence-electron chi connectivity index (χ4n) is 2.06. The number of aryl methyl sites for hydroxylation is 1. The van der Waals surface area contributed by atoms with Gasteiger partial charge in [-0.1, -0.05) is 0 Å². The van der Waals surface area contributed by atoms with Crippen molar-refractivity contribution < 1.29 is 9.90 Å². The quantitative estimate of drug-likeness (QED) is 0.867. The maximum atomic E-state index is 10.8. The molecule has 0 amide bonds. The lowest BCUT2D eigenvalue weighted by atomic mass is 10.1. The molecule has 1 N–H and O–H groups in total. The van der Waals surface area contributed by atoms with E-state index in [2.05, 4.69) is 6.07 Å². The second-order valence-electron chi connectivity index (χ2n) is 4.34. The van der Waals surface area contributed by atoms with Crippen LogP contribution in [0.15, 0.2) is 18.2 Å². The summed E-state index contributed by atoms with van der Waals surface area (Å²) in [6.45, 7) is 6.51. The van der Waals surface area contributed by atoms with Crippen LogP contribution in [0.1, 0.15) is 31.4 Å². The largest absolute Gasteiger partial charge is 0.481 e. The number of hydrogen-bond acceptors (Lipinski definition) is 3. The molecule has 1 atom stereocenters. The predicted molar refractivity (Wildman–Crippen MR) is 70.6 cm³/mol. The number of anilines is 1. The molecule has 1 unspecified atom stereocenters. The topological polar surface area (TPSA) is 64.3 Å². The molecule has 1 aromatic carbocycles. The molecule has 0 radical (unpaired) electrons. The van der Waals surface area contributed by atoms with Gasteiger partial charge in [0, 0.05) is 18.3 Å². The average molecular weight is 246 g/mol. The predicted octanol–water partition coefficient (Wildman–Crippen LogP) is 2.56. The average Bonchev–Trinajstić information content (AvgIpc) is 2.29. The summed E-state index contributed by atoms with van der Waals surface area (Å²) in [5.74, 6) is -0.800. The van der Waals surface area contributed by atoms with E-state index in [4.69, 9.17) is 10.4 Å². The van der Waals surface area contributed by atoms with Gasteiger partial charge in [0.25, 0.3) is 0 Å². The minimum absolute atomic E-state index is 0.0696. The van der Waals surface area contributed by atoms with Gasteiger partial charge < -0.3 is 10.0 Å². The molecule has 0 heterocycles. The third-order valence-electron chi connectivity index (χ3n) is 3.00. The highest BCUT2D eigenvalue weighted by Crippen LogP contribution is 2.21. The molecule has 0 bridgehead atoms. The molecular formula is C14H18N2O2. The number of nitrogens with zero attached hydrogens (tertiary/aromatic N) is 2. The van der Waals surface area contributed by atoms with E-state index in [0.717, 1.165) is 17.8 Å². The Bertz CT molecular complexity index is 477. The molecule has 4 nitrogen and oxygen atoms in total. The van der Waals surface area contributed by atoms with E-state index in [1.54, 1.807) is 6.07 Å². The van der Waals surface area contributed by atoms with Crippen molar-refractivity contribution >= 4 is 11.7 Å². The summed E-state index contributed by atoms with van der Waals surface area (Å²) in [7, 11) is 0. The molecule has 4 heteroatoms. The van der Waals surface area contributed by atoms with Gasteiger partial charge >= 0.3 is 5.97 Å². The van der Waals surface area contributed by atoms with Crippen LogP contribution >= 0.6 is 0 Å². The molecular weight excluding hydrogens is 228 g/mol. The zero-order valence-electron chi connectivity index (χ0n) is 11.0. The van der Waals surface area contributed by atoms with Crippen LogP contribution in [0.3, 0.4) is 0 Å². The van der Waals surface area contributed by atoms with Crippen molar-refractivity contribution in [2.75, 3.05) is 11.4 Å². The normalized spacial score (nSPS) is 11.7. The van der Waals surface area contributed by atoms with Crippen molar-refractivity contribution in [3.05, 3.63) is 29.3 Å². The smallest absolute Gasteiger partial charge is 0.305 e. The van der Waals surface area contributed by atoms with Gasteiger partial charge in [0.2, 0.25) is 0 Å². The zero-order valence-corrected chi connectivity index (χ0v) is 11.0. The third kappa shape index (κ3) is 3.24. The van der Waals surface area contributed by atoms with Crippen LogP contribution in [0.2, 0.25) is 0 Å². The van der Waals surface area contributed by atoms with Crippen LogP contribution in [0, 0.1) is 18.3 Å². The van der Waals surface area contributed by atoms with Gasteiger partial charge in [-0.05, 0) is 44.5 Å². The summed E-state index contributed by atoms with van der Waals surface area (Å²) in [4.78, 5) is 12.8. The monoisotopic (exact) mass is 246 g/mol. The molecule has 0 aromatic heterocycles. The van der Waals surface area contributed by atoms with Gasteiger partial charge in [-0.2, -0.15) is 5.26 Å². The molecule has 0 aliphatic carbocycles. The number of carboxylic acid groups (broad SMARTS) is 1. The first-order chi connectivity index (χ1) is 8.49. The summed E-state index contributed by atoms with van der Waals surface area (Å²) in [6.07, 6.45) is 0.104. The van der Waals surface area contributed by atoms with Crippen molar-refractivity contribution in [3.63, 3.8) is 0 Å². The lowest BCUT2D eigenvalue weighted by Crippen LogP contribution is -2.34. The minimum atomic E-state index is -0.800. The number of hydrogen-bond donors (Lipinski definition) is 1. The van der Waals surface area contributed by atoms with Gasteiger partial charge in [-0.25, -0.2) is 0 Å². The molecule has 1 aromatic rings. The van der Waals surface area contributed by atoms with E-state index in [0.29, 0.717) is 5.56 Å². The summed E-state index contributed by atoms with van der Waals surface area (Å²) in [6, 6.07) is 7.64. The lowest BCUT2D eigenvalue weighted by Gasteiger charge is -2.29. The second kappa shape index (κ2) is 6.06. The van der Waals surface area contributed by atoms with E-state index < -0.39 is 5.97 Å². The Labute approximate surface area is 107 Å². The van der Waals surface area contributed by atoms with Crippen molar-refractivity contribution in [2.24, 2.45) is 0 Å². The first-order valence-corrected chi connectivity index (χ1v) is 5.98. The second-order valence-corrected chi connectivity index (χ2v) is 4.34. The Morgan fingerprint density at radius 2 is 2.22 bits per heavy atom. The van der Waals surface area contributed by atoms with E-state index in [1.165, 1.54) is 0 Å². The number of aliphatic carboxylic acids is 1. The van der Waals surface area contributed by atoms with Crippen LogP contribution < -0.4 is 4.90 Å². The van der Waals surface area contributed by atoms with Gasteiger partial charge in [0.05, 0.1) is 18.1 Å². The third-order valence-corrected chi connectivity index (χ3v) is 3.00. The van der Waals surface area contributed by atoms with Crippen LogP contribution in [0.25, 0.3) is 0 Å². The van der Waals surface area contributed by atoms with E-state index >= 15 is 0 Å². The number of carbonyl (C=O) groups is 1. The number of rotatable bonds is 5. The Kier molecular flexibility index (Phi) is 4.73. The van der Waals surface area contributed by atoms with Gasteiger partial charge in [-0.3, -0.25) is 4.79 Å². The van der Waals surface area contributed by atoms with Gasteiger partial charge in [0.1, 0.15) is 0 Å². The fraction of sp³-hybridized carbons (Fsp3) is 0.429. The van der Waals surface area contributed by atoms with Crippen LogP contribution in [0.5, 0.6) is 0 Å². The van der Waals surface area contributed by atoms with E-state index in [9.17, 15) is 4.79 Å². The number of carboxylic acids is 1. The van der Waals surface area contributed by atoms with Crippen LogP contribution in [-0.4, -0.2) is 23.7 Å². The van der Waals surface area contributed by atoms with E-state index in [-0.39, 0.29) is 12.5 Å². The van der Waals surface area contributed by atoms with Crippen LogP contribution in [0.4, 0.5) is 5.69 Å². The molecule has 0 aliphatic rings. The SMILES string of the molecule is CCN(c1ccc(C#N)c(C)c1)C(C)CC(=O)O. The molecule has 0 saturated carbocycles. The molecule has 0 fully saturated rings. The standard InChI is InChI=1S/C14H18N2O2/c1-4-16(11(3)8-14(17)18)13-6-5-12(9-15)10(2)7-13/h5-7,11H,4,8H2,1-3H3,(H,17,18). The van der Waals surface area contributed by atoms with Crippen LogP contribution in [-0.2, 0) is 4.79 Å². The molecule has 1 rings (SSSR count). The zero-order chi connectivity index (χ0) is 13.7. The highest BCUT2D eigenvalue weighted by Gasteiger charge is 2.16. The minimum Gasteiger partial charge on any atom is -0.481 e. The van der Waals surface area contributed by atoms with Gasteiger partial charge in [-0.15, -0.1) is 0 Å². The summed E-state index contributed by atoms with van der Waals surface area (Å²) in [5, 5.41) is 17.7. The Hall–Kier alpha value is -2.02. The molecule has 0 aliphatic heterocycles. The summed E-state index contributed by atoms with van der Waals surface area (Å²) < 4.78 is 0. The summed E-state index contributed by atoms with van der Waals surface area (Å²) in [5.41, 5.74) is 2.53. The van der Waals surface area contributed by atoms with Crippen molar-refractivity contribution in [1.29, 1.82) is 5.26 Å². The Balaban J connectivity index is 2.99. The lowest BCUT2D eigenvalue weighted by molar-refractivity contribution is -0.137.